The maximum atomic E-state index is 13.5. The van der Waals surface area contributed by atoms with Crippen LogP contribution in [0.5, 0.6) is 23.0 Å². The van der Waals surface area contributed by atoms with Crippen molar-refractivity contribution >= 4 is 139 Å². The van der Waals surface area contributed by atoms with Crippen molar-refractivity contribution in [1.82, 2.24) is 29.9 Å². The van der Waals surface area contributed by atoms with Crippen LogP contribution in [-0.4, -0.2) is 244 Å². The Morgan fingerprint density at radius 3 is 1.29 bits per heavy atom. The first kappa shape index (κ1) is 66.9. The molecule has 5 fully saturated rings. The summed E-state index contributed by atoms with van der Waals surface area (Å²) < 4.78 is 15.1. The minimum absolute atomic E-state index is 0.0274. The summed E-state index contributed by atoms with van der Waals surface area (Å²) >= 11 is 7.45. The first-order valence-corrected chi connectivity index (χ1v) is 29.1. The average Bonchev–Trinajstić information content (AvgIpc) is 1.58. The van der Waals surface area contributed by atoms with E-state index in [4.69, 9.17) is 56.6 Å². The summed E-state index contributed by atoms with van der Waals surface area (Å²) in [6.45, 7) is -3.10. The Balaban J connectivity index is 0.000000207. The number of halogens is 1. The number of oxime groups is 2. The Labute approximate surface area is 538 Å². The predicted octanol–water partition coefficient (Wildman–Crippen LogP) is -2.89. The second-order valence-electron chi connectivity index (χ2n) is 21.3. The fourth-order valence-electron chi connectivity index (χ4n) is 10.2. The molecule has 0 aliphatic carbocycles. The van der Waals surface area contributed by atoms with E-state index < -0.39 is 226 Å². The number of aromatic hydroxyl groups is 4. The van der Waals surface area contributed by atoms with Gasteiger partial charge in [-0.3, -0.25) is 57.8 Å². The van der Waals surface area contributed by atoms with E-state index in [0.29, 0.717) is 9.80 Å². The molecule has 5 saturated heterocycles. The van der Waals surface area contributed by atoms with Crippen molar-refractivity contribution in [3.8, 4) is 23.0 Å². The molecule has 7 aliphatic heterocycles. The number of phenols is 4. The van der Waals surface area contributed by atoms with Gasteiger partial charge in [-0.2, -0.15) is 10.1 Å². The van der Waals surface area contributed by atoms with Crippen LogP contribution in [0.15, 0.2) is 45.3 Å². The number of nitrogens with zero attached hydrogens (tertiary/aromatic N) is 8. The molecule has 0 spiro atoms. The molecule has 2 aromatic heterocycles. The number of carboxylic acid groups (broad SMARTS) is 4. The topological polar surface area (TPSA) is 601 Å². The number of ether oxygens (including phenoxy) is 3. The lowest BCUT2D eigenvalue weighted by Gasteiger charge is -2.34. The van der Waals surface area contributed by atoms with Gasteiger partial charge in [0.05, 0.1) is 72.6 Å². The van der Waals surface area contributed by atoms with E-state index in [1.165, 1.54) is 10.8 Å². The fraction of sp³-hybridized carbons (Fsp3) is 0.346. The van der Waals surface area contributed by atoms with Gasteiger partial charge in [0.25, 0.3) is 46.6 Å². The van der Waals surface area contributed by atoms with E-state index in [1.54, 1.807) is 0 Å². The number of aromatic nitrogens is 2. The first-order valence-electron chi connectivity index (χ1n) is 26.8. The Bertz CT molecular complexity index is 4060. The van der Waals surface area contributed by atoms with Crippen molar-refractivity contribution in [2.24, 2.45) is 22.1 Å². The molecule has 13 N–H and O–H groups in total. The number of ketones is 2. The van der Waals surface area contributed by atoms with Crippen LogP contribution in [0.25, 0.3) is 0 Å². The lowest BCUT2D eigenvalue weighted by molar-refractivity contribution is -0.256. The van der Waals surface area contributed by atoms with Gasteiger partial charge >= 0.3 is 47.3 Å². The number of nitrogen functional groups attached to an aromatic ring is 2. The van der Waals surface area contributed by atoms with E-state index in [0.717, 1.165) is 46.9 Å². The van der Waals surface area contributed by atoms with Crippen molar-refractivity contribution in [1.29, 1.82) is 0 Å². The molecule has 40 nitrogen and oxygen atoms in total. The van der Waals surface area contributed by atoms with Gasteiger partial charge in [-0.15, -0.1) is 34.3 Å². The highest BCUT2D eigenvalue weighted by Crippen LogP contribution is 2.44. The van der Waals surface area contributed by atoms with Gasteiger partial charge in [0, 0.05) is 23.6 Å². The van der Waals surface area contributed by atoms with Gasteiger partial charge in [-0.05, 0) is 24.3 Å². The Morgan fingerprint density at radius 1 is 0.621 bits per heavy atom. The number of aliphatic carboxylic acids is 4. The number of rotatable bonds is 22. The number of hydrogen-bond donors (Lipinski definition) is 11. The van der Waals surface area contributed by atoms with Crippen molar-refractivity contribution in [2.45, 2.75) is 60.4 Å². The number of carbonyl (C=O) groups excluding carboxylic acids is 10. The molecule has 7 atom stereocenters. The predicted molar refractivity (Wildman–Crippen MR) is 300 cm³/mol. The maximum absolute atomic E-state index is 13.5. The Kier molecular flexibility index (Phi) is 17.4. The van der Waals surface area contributed by atoms with Crippen molar-refractivity contribution in [3.05, 3.63) is 68.7 Å². The second kappa shape index (κ2) is 24.8. The fourth-order valence-corrected chi connectivity index (χ4v) is 11.5. The number of nitrogens with two attached hydrogens (primary N) is 2. The van der Waals surface area contributed by atoms with Gasteiger partial charge in [-0.25, -0.2) is 38.7 Å². The molecule has 95 heavy (non-hydrogen) atoms. The van der Waals surface area contributed by atoms with Crippen molar-refractivity contribution < 1.29 is 147 Å². The Hall–Kier alpha value is -11.1. The number of aliphatic hydroxyl groups is 1. The standard InChI is InChI=1S/C26H22ClN5O15S.C26H21N5O15S/c27-7-25(8-33,22(41)42)47-30-17(12-6-48-24(28)29-12)16(36)1-9-5-45-32(18(9)37)26(23(43)44)4-13(21(40)46-26)31-19(38)10-2-14(34)15(35)3-11(10)20(31)39;27-24-28-12(6-47-24)17(29-46-25(22(39)40)7-43-8-25)16(34)1-9-5-44-31(18(9)35)26(23(41)42)4-13(21(38)45-26)30-19(36)10-2-14(32)15(33)3-11(10)20(30)37/h2-3,6,9,13,33-35H,1,4-5,7-8H2,(H2,28,29)(H,41,42)(H,43,44);2-3,6,9,13,32-33H,1,4-5,7-8H2,(H2,27,28)(H,39,40)(H,41,42)/b30-17-;29-17-/t9-,13-,25?,26?;9-,13-,26?/m00/s1. The molecule has 3 unspecified atom stereocenters. The SMILES string of the molecule is Nc1nc(/C(=N/OC(CO)(CCl)C(=O)O)C(=O)C[C@H]2CON(C3(C(=O)O)C[C@H](N4C(=O)c5cc(O)c(O)cc5C4=O)C(=O)O3)C2=O)cs1.Nc1nc(/C(=N/OC2(C(=O)O)COC2)C(=O)C[C@H]2CON(C3(C(=O)O)C[C@H](N4C(=O)c5cc(O)c(O)cc5C4=O)C(=O)O3)C2=O)cs1. The maximum Gasteiger partial charge on any atom is 0.372 e. The van der Waals surface area contributed by atoms with Crippen LogP contribution in [0.4, 0.5) is 10.3 Å². The highest BCUT2D eigenvalue weighted by atomic mass is 35.5. The molecule has 9 heterocycles. The summed E-state index contributed by atoms with van der Waals surface area (Å²) in [6, 6.07) is -0.600. The Morgan fingerprint density at radius 2 is 1.00 bits per heavy atom. The summed E-state index contributed by atoms with van der Waals surface area (Å²) in [4.78, 5) is 210. The van der Waals surface area contributed by atoms with Crippen LogP contribution < -0.4 is 11.5 Å². The van der Waals surface area contributed by atoms with E-state index >= 15 is 0 Å². The normalized spacial score (nSPS) is 24.4. The van der Waals surface area contributed by atoms with Crippen LogP contribution in [0.2, 0.25) is 0 Å². The van der Waals surface area contributed by atoms with Crippen LogP contribution in [0.3, 0.4) is 0 Å². The van der Waals surface area contributed by atoms with E-state index in [2.05, 4.69) is 20.3 Å². The van der Waals surface area contributed by atoms with Crippen LogP contribution in [0.1, 0.15) is 78.5 Å². The zero-order chi connectivity index (χ0) is 69.3. The van der Waals surface area contributed by atoms with Gasteiger partial charge in [0.1, 0.15) is 36.7 Å². The number of hydroxylamine groups is 4. The molecule has 7 aliphatic rings. The number of anilines is 2. The number of hydrogen-bond acceptors (Lipinski definition) is 34. The van der Waals surface area contributed by atoms with Crippen LogP contribution in [-0.2, 0) is 81.5 Å². The number of amides is 6. The summed E-state index contributed by atoms with van der Waals surface area (Å²) in [7, 11) is 0. The summed E-state index contributed by atoms with van der Waals surface area (Å²) in [5.74, 6) is -25.0. The van der Waals surface area contributed by atoms with Gasteiger partial charge in [-0.1, -0.05) is 10.3 Å². The third kappa shape index (κ3) is 11.3. The summed E-state index contributed by atoms with van der Waals surface area (Å²) in [5.41, 5.74) is -1.79. The number of fused-ring (bicyclic) bond motifs is 2. The minimum Gasteiger partial charge on any atom is -0.504 e. The first-order chi connectivity index (χ1) is 44.8. The molecule has 0 bridgehead atoms. The monoisotopic (exact) mass is 1390 g/mol. The van der Waals surface area contributed by atoms with Crippen LogP contribution >= 0.6 is 34.3 Å². The molecular weight excluding hydrogens is 1340 g/mol. The average molecular weight is 1390 g/mol. The molecule has 2 aromatic carbocycles. The highest BCUT2D eigenvalue weighted by molar-refractivity contribution is 7.14. The molecule has 0 saturated carbocycles. The highest BCUT2D eigenvalue weighted by Gasteiger charge is 2.67. The number of carbonyl (C=O) groups is 14. The summed E-state index contributed by atoms with van der Waals surface area (Å²) in [6.07, 6.45) is -3.45. The third-order valence-corrected chi connectivity index (χ3v) is 17.2. The molecule has 4 aromatic rings. The number of carboxylic acids is 4. The largest absolute Gasteiger partial charge is 0.504 e. The van der Waals surface area contributed by atoms with Gasteiger partial charge < -0.3 is 81.3 Å². The van der Waals surface area contributed by atoms with Gasteiger partial charge in [0.15, 0.2) is 56.3 Å². The number of esters is 2. The number of imide groups is 2. The third-order valence-electron chi connectivity index (χ3n) is 15.4. The smallest absolute Gasteiger partial charge is 0.372 e. The number of Topliss-reactive ketones (excluding diaryl/α,β-unsaturated/α-hetero) is 2. The van der Waals surface area contributed by atoms with E-state index in [1.807, 2.05) is 0 Å². The number of cyclic esters (lactones) is 2. The molecule has 500 valence electrons. The number of alkyl halides is 1. The molecular formula is C52H43ClN10O30S2. The van der Waals surface area contributed by atoms with E-state index in [9.17, 15) is 113 Å². The van der Waals surface area contributed by atoms with Crippen molar-refractivity contribution in [3.63, 3.8) is 0 Å². The lowest BCUT2D eigenvalue weighted by atomic mass is 9.98. The van der Waals surface area contributed by atoms with Crippen molar-refractivity contribution in [2.75, 3.05) is 50.4 Å². The number of benzene rings is 2. The quantitative estimate of drug-likeness (QED) is 0.00939. The van der Waals surface area contributed by atoms with Gasteiger partial charge in [0.2, 0.25) is 0 Å². The molecule has 11 rings (SSSR count). The number of aliphatic hydroxyl groups excluding tert-OH is 1. The zero-order valence-electron chi connectivity index (χ0n) is 47.4. The summed E-state index contributed by atoms with van der Waals surface area (Å²) in [5, 5.41) is 98.1. The minimum atomic E-state index is -2.91. The molecule has 43 heteroatoms. The number of phenolic OH excluding ortho intramolecular Hbond substituents is 4. The number of thiazole rings is 2. The van der Waals surface area contributed by atoms with E-state index in [-0.39, 0.29) is 56.1 Å². The zero-order valence-corrected chi connectivity index (χ0v) is 49.8. The second-order valence-corrected chi connectivity index (χ2v) is 23.3. The lowest BCUT2D eigenvalue weighted by Crippen LogP contribution is -2.57. The molecule has 6 amide bonds. The van der Waals surface area contributed by atoms with Crippen LogP contribution in [0, 0.1) is 11.8 Å². The molecule has 0 radical (unpaired) electrons.